The first-order valence-electron chi connectivity index (χ1n) is 9.00. The van der Waals surface area contributed by atoms with Crippen LogP contribution in [0.1, 0.15) is 49.5 Å². The molecule has 3 N–H and O–H groups in total. The summed E-state index contributed by atoms with van der Waals surface area (Å²) in [5, 5.41) is 3.85. The lowest BCUT2D eigenvalue weighted by Crippen LogP contribution is -2.44. The second-order valence-electron chi connectivity index (χ2n) is 7.56. The zero-order chi connectivity index (χ0) is 20.2. The summed E-state index contributed by atoms with van der Waals surface area (Å²) in [6.45, 7) is 6.92. The number of anilines is 1. The number of halogens is 1. The maximum Gasteiger partial charge on any atom is 0.410 e. The molecule has 27 heavy (non-hydrogen) atoms. The Morgan fingerprint density at radius 1 is 1.30 bits per heavy atom. The molecule has 7 nitrogen and oxygen atoms in total. The molecule has 0 aromatic heterocycles. The quantitative estimate of drug-likeness (QED) is 0.756. The summed E-state index contributed by atoms with van der Waals surface area (Å²) in [6.07, 6.45) is 1.21. The van der Waals surface area contributed by atoms with Crippen LogP contribution in [0.4, 0.5) is 10.5 Å². The molecule has 1 saturated heterocycles. The number of hydrogen-bond acceptors (Lipinski definition) is 6. The molecule has 8 heteroatoms. The van der Waals surface area contributed by atoms with Crippen molar-refractivity contribution in [2.24, 2.45) is 5.73 Å². The lowest BCUT2D eigenvalue weighted by molar-refractivity contribution is 0.0210. The van der Waals surface area contributed by atoms with Gasteiger partial charge in [-0.25, -0.2) is 9.59 Å². The standard InChI is InChI=1S/C19H28ClN3O4/c1-19(2,3)27-18(25)23-7-5-13(6-8-23)22-16-10-12(20)9-14(15(16)11-21)17(24)26-4/h9-10,13,22H,5-8,11,21H2,1-4H3. The number of hydrogen-bond donors (Lipinski definition) is 2. The Bertz CT molecular complexity index is 695. The number of piperidine rings is 1. The number of methoxy groups -OCH3 is 1. The van der Waals surface area contributed by atoms with Gasteiger partial charge in [0, 0.05) is 41.9 Å². The van der Waals surface area contributed by atoms with Gasteiger partial charge in [-0.3, -0.25) is 0 Å². The zero-order valence-electron chi connectivity index (χ0n) is 16.3. The topological polar surface area (TPSA) is 93.9 Å². The van der Waals surface area contributed by atoms with Crippen LogP contribution in [0.5, 0.6) is 0 Å². The Hall–Kier alpha value is -1.99. The summed E-state index contributed by atoms with van der Waals surface area (Å²) in [6, 6.07) is 3.46. The van der Waals surface area contributed by atoms with Crippen LogP contribution in [0.15, 0.2) is 12.1 Å². The number of likely N-dealkylation sites (tertiary alicyclic amines) is 1. The maximum atomic E-state index is 12.2. The molecule has 0 atom stereocenters. The number of esters is 1. The van der Waals surface area contributed by atoms with E-state index in [1.54, 1.807) is 17.0 Å². The van der Waals surface area contributed by atoms with E-state index >= 15 is 0 Å². The Balaban J connectivity index is 2.06. The number of amides is 1. The highest BCUT2D eigenvalue weighted by Gasteiger charge is 2.27. The van der Waals surface area contributed by atoms with Crippen LogP contribution in [0.3, 0.4) is 0 Å². The molecule has 150 valence electrons. The van der Waals surface area contributed by atoms with E-state index in [-0.39, 0.29) is 18.7 Å². The van der Waals surface area contributed by atoms with Crippen molar-refractivity contribution < 1.29 is 19.1 Å². The molecule has 1 aromatic rings. The van der Waals surface area contributed by atoms with Crippen molar-refractivity contribution in [2.75, 3.05) is 25.5 Å². The molecule has 0 saturated carbocycles. The minimum atomic E-state index is -0.507. The van der Waals surface area contributed by atoms with Crippen molar-refractivity contribution in [3.05, 3.63) is 28.3 Å². The molecule has 0 radical (unpaired) electrons. The van der Waals surface area contributed by atoms with E-state index in [9.17, 15) is 9.59 Å². The highest BCUT2D eigenvalue weighted by atomic mass is 35.5. The van der Waals surface area contributed by atoms with E-state index < -0.39 is 11.6 Å². The molecular weight excluding hydrogens is 370 g/mol. The molecule has 2 rings (SSSR count). The lowest BCUT2D eigenvalue weighted by atomic mass is 10.0. The van der Waals surface area contributed by atoms with Gasteiger partial charge >= 0.3 is 12.1 Å². The SMILES string of the molecule is COC(=O)c1cc(Cl)cc(NC2CCN(C(=O)OC(C)(C)C)CC2)c1CN. The number of nitrogens with two attached hydrogens (primary N) is 1. The smallest absolute Gasteiger partial charge is 0.410 e. The average molecular weight is 398 g/mol. The van der Waals surface area contributed by atoms with E-state index in [1.165, 1.54) is 7.11 Å². The number of nitrogens with one attached hydrogen (secondary N) is 1. The second kappa shape index (κ2) is 8.80. The number of rotatable bonds is 4. The average Bonchev–Trinajstić information content (AvgIpc) is 2.59. The van der Waals surface area contributed by atoms with Crippen molar-refractivity contribution in [3.8, 4) is 0 Å². The second-order valence-corrected chi connectivity index (χ2v) is 8.00. The summed E-state index contributed by atoms with van der Waals surface area (Å²) in [5.74, 6) is -0.472. The molecule has 0 spiro atoms. The monoisotopic (exact) mass is 397 g/mol. The van der Waals surface area contributed by atoms with E-state index in [2.05, 4.69) is 5.32 Å². The van der Waals surface area contributed by atoms with Gasteiger partial charge in [0.2, 0.25) is 0 Å². The van der Waals surface area contributed by atoms with Crippen molar-refractivity contribution in [1.29, 1.82) is 0 Å². The Kier molecular flexibility index (Phi) is 6.95. The Labute approximate surface area is 165 Å². The van der Waals surface area contributed by atoms with Gasteiger partial charge in [0.05, 0.1) is 12.7 Å². The fourth-order valence-electron chi connectivity index (χ4n) is 3.03. The fraction of sp³-hybridized carbons (Fsp3) is 0.579. The van der Waals surface area contributed by atoms with Crippen molar-refractivity contribution in [3.63, 3.8) is 0 Å². The molecule has 1 heterocycles. The van der Waals surface area contributed by atoms with E-state index in [1.807, 2.05) is 20.8 Å². The van der Waals surface area contributed by atoms with Gasteiger partial charge < -0.3 is 25.4 Å². The van der Waals surface area contributed by atoms with E-state index in [0.29, 0.717) is 29.2 Å². The summed E-state index contributed by atoms with van der Waals surface area (Å²) < 4.78 is 10.2. The molecule has 0 bridgehead atoms. The molecule has 1 aromatic carbocycles. The highest BCUT2D eigenvalue weighted by molar-refractivity contribution is 6.31. The van der Waals surface area contributed by atoms with Gasteiger partial charge in [0.1, 0.15) is 5.60 Å². The number of benzene rings is 1. The van der Waals surface area contributed by atoms with Gasteiger partial charge in [-0.1, -0.05) is 11.6 Å². The fourth-order valence-corrected chi connectivity index (χ4v) is 3.25. The van der Waals surface area contributed by atoms with Gasteiger partial charge in [-0.15, -0.1) is 0 Å². The highest BCUT2D eigenvalue weighted by Crippen LogP contribution is 2.28. The molecule has 0 aliphatic carbocycles. The molecule has 1 amide bonds. The van der Waals surface area contributed by atoms with E-state index in [4.69, 9.17) is 26.8 Å². The van der Waals surface area contributed by atoms with Crippen LogP contribution in [0, 0.1) is 0 Å². The number of ether oxygens (including phenoxy) is 2. The Morgan fingerprint density at radius 2 is 1.93 bits per heavy atom. The summed E-state index contributed by atoms with van der Waals surface area (Å²) in [4.78, 5) is 25.9. The third-order valence-electron chi connectivity index (χ3n) is 4.33. The molecule has 1 aliphatic heterocycles. The van der Waals surface area contributed by atoms with Crippen LogP contribution >= 0.6 is 11.6 Å². The normalized spacial score (nSPS) is 15.4. The third-order valence-corrected chi connectivity index (χ3v) is 4.55. The molecule has 1 aliphatic rings. The third kappa shape index (κ3) is 5.74. The first kappa shape index (κ1) is 21.3. The van der Waals surface area contributed by atoms with Gasteiger partial charge in [-0.05, 0) is 45.7 Å². The van der Waals surface area contributed by atoms with Crippen LogP contribution in [-0.4, -0.2) is 48.8 Å². The molecule has 0 unspecified atom stereocenters. The minimum absolute atomic E-state index is 0.137. The molecule has 1 fully saturated rings. The predicted molar refractivity (Wildman–Crippen MR) is 105 cm³/mol. The van der Waals surface area contributed by atoms with Gasteiger partial charge in [0.25, 0.3) is 0 Å². The van der Waals surface area contributed by atoms with E-state index in [0.717, 1.165) is 18.5 Å². The first-order valence-corrected chi connectivity index (χ1v) is 9.37. The predicted octanol–water partition coefficient (Wildman–Crippen LogP) is 3.40. The summed E-state index contributed by atoms with van der Waals surface area (Å²) in [7, 11) is 1.32. The zero-order valence-corrected chi connectivity index (χ0v) is 17.1. The number of carbonyl (C=O) groups excluding carboxylic acids is 2. The van der Waals surface area contributed by atoms with Crippen LogP contribution in [0.25, 0.3) is 0 Å². The van der Waals surface area contributed by atoms with Crippen LogP contribution in [-0.2, 0) is 16.0 Å². The van der Waals surface area contributed by atoms with Gasteiger partial charge in [-0.2, -0.15) is 0 Å². The summed E-state index contributed by atoms with van der Waals surface area (Å²) >= 11 is 6.17. The number of nitrogens with zero attached hydrogens (tertiary/aromatic N) is 1. The number of carbonyl (C=O) groups is 2. The van der Waals surface area contributed by atoms with Gasteiger partial charge in [0.15, 0.2) is 0 Å². The molecular formula is C19H28ClN3O4. The lowest BCUT2D eigenvalue weighted by Gasteiger charge is -2.34. The van der Waals surface area contributed by atoms with Crippen molar-refractivity contribution in [2.45, 2.75) is 51.8 Å². The summed E-state index contributed by atoms with van der Waals surface area (Å²) in [5.41, 5.74) is 7.11. The Morgan fingerprint density at radius 3 is 2.44 bits per heavy atom. The first-order chi connectivity index (χ1) is 12.6. The largest absolute Gasteiger partial charge is 0.465 e. The van der Waals surface area contributed by atoms with Crippen molar-refractivity contribution in [1.82, 2.24) is 4.90 Å². The maximum absolute atomic E-state index is 12.2. The van der Waals surface area contributed by atoms with Crippen LogP contribution < -0.4 is 11.1 Å². The van der Waals surface area contributed by atoms with Crippen LogP contribution in [0.2, 0.25) is 5.02 Å². The minimum Gasteiger partial charge on any atom is -0.465 e. The van der Waals surface area contributed by atoms with Crippen molar-refractivity contribution >= 4 is 29.4 Å².